The van der Waals surface area contributed by atoms with Crippen LogP contribution in [0.1, 0.15) is 15.9 Å². The second-order valence-corrected chi connectivity index (χ2v) is 8.44. The Labute approximate surface area is 204 Å². The molecule has 1 aromatic heterocycles. The van der Waals surface area contributed by atoms with Crippen molar-refractivity contribution in [2.24, 2.45) is 0 Å². The van der Waals surface area contributed by atoms with Gasteiger partial charge < -0.3 is 20.3 Å². The second kappa shape index (κ2) is 10.4. The highest BCUT2D eigenvalue weighted by Gasteiger charge is 2.12. The Morgan fingerprint density at radius 3 is 2.40 bits per heavy atom. The van der Waals surface area contributed by atoms with E-state index >= 15 is 0 Å². The van der Waals surface area contributed by atoms with Crippen LogP contribution in [0.4, 0.5) is 22.9 Å². The number of benzene rings is 3. The predicted octanol–water partition coefficient (Wildman–Crippen LogP) is 5.28. The number of anilines is 4. The summed E-state index contributed by atoms with van der Waals surface area (Å²) in [5, 5.41) is 6.25. The van der Waals surface area contributed by atoms with E-state index in [1.54, 1.807) is 18.3 Å². The number of ether oxygens (including phenoxy) is 1. The number of carbonyl (C=O) groups is 1. The SMILES string of the molecule is Cc1cccc(-c2nccc(Nc3ccc(C(=O)Nc4ccc(N5CCOCC5)cc4)cc3)n2)c1. The molecule has 0 bridgehead atoms. The molecule has 2 N–H and O–H groups in total. The molecule has 5 rings (SSSR count). The fraction of sp³-hybridized carbons (Fsp3) is 0.179. The largest absolute Gasteiger partial charge is 0.378 e. The maximum atomic E-state index is 12.7. The van der Waals surface area contributed by atoms with E-state index < -0.39 is 0 Å². The van der Waals surface area contributed by atoms with E-state index in [4.69, 9.17) is 4.74 Å². The van der Waals surface area contributed by atoms with Crippen molar-refractivity contribution in [2.45, 2.75) is 6.92 Å². The number of nitrogens with zero attached hydrogens (tertiary/aromatic N) is 3. The molecule has 3 aromatic carbocycles. The Morgan fingerprint density at radius 2 is 1.66 bits per heavy atom. The first-order valence-electron chi connectivity index (χ1n) is 11.7. The Balaban J connectivity index is 1.21. The van der Waals surface area contributed by atoms with Crippen LogP contribution in [0.5, 0.6) is 0 Å². The number of aryl methyl sites for hydroxylation is 1. The minimum Gasteiger partial charge on any atom is -0.378 e. The minimum atomic E-state index is -0.153. The summed E-state index contributed by atoms with van der Waals surface area (Å²) in [6.45, 7) is 5.30. The summed E-state index contributed by atoms with van der Waals surface area (Å²) in [6.07, 6.45) is 1.74. The van der Waals surface area contributed by atoms with Crippen LogP contribution >= 0.6 is 0 Å². The molecular weight excluding hydrogens is 438 g/mol. The normalized spacial score (nSPS) is 13.3. The molecule has 1 aliphatic heterocycles. The quantitative estimate of drug-likeness (QED) is 0.403. The lowest BCUT2D eigenvalue weighted by atomic mass is 10.1. The number of morpholine rings is 1. The van der Waals surface area contributed by atoms with Gasteiger partial charge in [-0.15, -0.1) is 0 Å². The van der Waals surface area contributed by atoms with Gasteiger partial charge in [-0.2, -0.15) is 0 Å². The van der Waals surface area contributed by atoms with Crippen LogP contribution in [0, 0.1) is 6.92 Å². The molecule has 35 heavy (non-hydrogen) atoms. The highest BCUT2D eigenvalue weighted by atomic mass is 16.5. The molecule has 0 radical (unpaired) electrons. The van der Waals surface area contributed by atoms with Gasteiger partial charge in [0.2, 0.25) is 0 Å². The monoisotopic (exact) mass is 465 g/mol. The number of rotatable bonds is 6. The van der Waals surface area contributed by atoms with E-state index in [1.165, 1.54) is 0 Å². The number of hydrogen-bond donors (Lipinski definition) is 2. The van der Waals surface area contributed by atoms with Gasteiger partial charge in [0, 0.05) is 47.5 Å². The second-order valence-electron chi connectivity index (χ2n) is 8.44. The van der Waals surface area contributed by atoms with Gasteiger partial charge in [-0.25, -0.2) is 9.97 Å². The fourth-order valence-corrected chi connectivity index (χ4v) is 3.98. The summed E-state index contributed by atoms with van der Waals surface area (Å²) in [7, 11) is 0. The van der Waals surface area contributed by atoms with Crippen LogP contribution in [-0.4, -0.2) is 42.2 Å². The van der Waals surface area contributed by atoms with Crippen LogP contribution in [0.3, 0.4) is 0 Å². The van der Waals surface area contributed by atoms with Gasteiger partial charge in [0.1, 0.15) is 5.82 Å². The molecular formula is C28H27N5O2. The molecule has 0 atom stereocenters. The van der Waals surface area contributed by atoms with Gasteiger partial charge in [0.15, 0.2) is 5.82 Å². The van der Waals surface area contributed by atoms with Crippen LogP contribution in [0.15, 0.2) is 85.1 Å². The predicted molar refractivity (Wildman–Crippen MR) is 139 cm³/mol. The highest BCUT2D eigenvalue weighted by Crippen LogP contribution is 2.22. The lowest BCUT2D eigenvalue weighted by molar-refractivity contribution is 0.102. The van der Waals surface area contributed by atoms with E-state index in [9.17, 15) is 4.79 Å². The number of amides is 1. The first-order chi connectivity index (χ1) is 17.1. The van der Waals surface area contributed by atoms with Crippen LogP contribution in [0.25, 0.3) is 11.4 Å². The average Bonchev–Trinajstić information content (AvgIpc) is 2.90. The molecule has 0 aliphatic carbocycles. The zero-order valence-corrected chi connectivity index (χ0v) is 19.6. The van der Waals surface area contributed by atoms with Gasteiger partial charge in [0.25, 0.3) is 5.91 Å². The first-order valence-corrected chi connectivity index (χ1v) is 11.7. The number of nitrogens with one attached hydrogen (secondary N) is 2. The molecule has 1 aliphatic rings. The topological polar surface area (TPSA) is 79.4 Å². The molecule has 1 fully saturated rings. The minimum absolute atomic E-state index is 0.153. The number of carbonyl (C=O) groups excluding carboxylic acids is 1. The maximum Gasteiger partial charge on any atom is 0.255 e. The Bertz CT molecular complexity index is 1300. The third-order valence-electron chi connectivity index (χ3n) is 5.85. The van der Waals surface area contributed by atoms with E-state index in [0.717, 1.165) is 54.5 Å². The molecule has 7 nitrogen and oxygen atoms in total. The Hall–Kier alpha value is -4.23. The molecule has 0 spiro atoms. The van der Waals surface area contributed by atoms with Gasteiger partial charge in [-0.3, -0.25) is 4.79 Å². The lowest BCUT2D eigenvalue weighted by Crippen LogP contribution is -2.36. The molecule has 4 aromatic rings. The smallest absolute Gasteiger partial charge is 0.255 e. The van der Waals surface area contributed by atoms with E-state index in [1.807, 2.05) is 67.6 Å². The third-order valence-corrected chi connectivity index (χ3v) is 5.85. The maximum absolute atomic E-state index is 12.7. The zero-order chi connectivity index (χ0) is 24.0. The van der Waals surface area contributed by atoms with Crippen molar-refractivity contribution in [2.75, 3.05) is 41.8 Å². The summed E-state index contributed by atoms with van der Waals surface area (Å²) < 4.78 is 5.41. The molecule has 0 unspecified atom stereocenters. The standard InChI is InChI=1S/C28H27N5O2/c1-20-3-2-4-22(19-20)27-29-14-13-26(32-27)30-23-7-5-21(6-8-23)28(34)31-24-9-11-25(12-10-24)33-15-17-35-18-16-33/h2-14,19H,15-18H2,1H3,(H,31,34)(H,29,30,32). The lowest BCUT2D eigenvalue weighted by Gasteiger charge is -2.28. The molecule has 176 valence electrons. The average molecular weight is 466 g/mol. The third kappa shape index (κ3) is 5.65. The van der Waals surface area contributed by atoms with Gasteiger partial charge in [-0.1, -0.05) is 23.8 Å². The van der Waals surface area contributed by atoms with Crippen molar-refractivity contribution in [1.82, 2.24) is 9.97 Å². The van der Waals surface area contributed by atoms with Gasteiger partial charge in [0.05, 0.1) is 13.2 Å². The molecule has 1 saturated heterocycles. The zero-order valence-electron chi connectivity index (χ0n) is 19.6. The van der Waals surface area contributed by atoms with Gasteiger partial charge >= 0.3 is 0 Å². The first kappa shape index (κ1) is 22.6. The summed E-state index contributed by atoms with van der Waals surface area (Å²) in [6, 6.07) is 25.2. The van der Waals surface area contributed by atoms with Crippen molar-refractivity contribution in [3.05, 3.63) is 96.2 Å². The van der Waals surface area contributed by atoms with Crippen molar-refractivity contribution < 1.29 is 9.53 Å². The highest BCUT2D eigenvalue weighted by molar-refractivity contribution is 6.04. The number of hydrogen-bond acceptors (Lipinski definition) is 6. The molecule has 0 saturated carbocycles. The van der Waals surface area contributed by atoms with E-state index in [0.29, 0.717) is 17.2 Å². The summed E-state index contributed by atoms with van der Waals surface area (Å²) >= 11 is 0. The van der Waals surface area contributed by atoms with Crippen LogP contribution in [-0.2, 0) is 4.74 Å². The van der Waals surface area contributed by atoms with Crippen molar-refractivity contribution in [3.63, 3.8) is 0 Å². The van der Waals surface area contributed by atoms with E-state index in [-0.39, 0.29) is 5.91 Å². The summed E-state index contributed by atoms with van der Waals surface area (Å²) in [5.41, 5.74) is 5.45. The summed E-state index contributed by atoms with van der Waals surface area (Å²) in [5.74, 6) is 1.20. The molecule has 1 amide bonds. The van der Waals surface area contributed by atoms with Gasteiger partial charge in [-0.05, 0) is 67.6 Å². The summed E-state index contributed by atoms with van der Waals surface area (Å²) in [4.78, 5) is 24.0. The van der Waals surface area contributed by atoms with Crippen LogP contribution < -0.4 is 15.5 Å². The van der Waals surface area contributed by atoms with Crippen molar-refractivity contribution in [1.29, 1.82) is 0 Å². The Kier molecular flexibility index (Phi) is 6.68. The fourth-order valence-electron chi connectivity index (χ4n) is 3.98. The molecule has 7 heteroatoms. The van der Waals surface area contributed by atoms with Crippen LogP contribution in [0.2, 0.25) is 0 Å². The number of aromatic nitrogens is 2. The molecule has 2 heterocycles. The Morgan fingerprint density at radius 1 is 0.914 bits per heavy atom. The van der Waals surface area contributed by atoms with Crippen molar-refractivity contribution >= 4 is 28.8 Å². The van der Waals surface area contributed by atoms with E-state index in [2.05, 4.69) is 31.6 Å². The van der Waals surface area contributed by atoms with Crippen molar-refractivity contribution in [3.8, 4) is 11.4 Å².